The Morgan fingerprint density at radius 1 is 1.08 bits per heavy atom. The molecule has 0 radical (unpaired) electrons. The zero-order valence-electron chi connectivity index (χ0n) is 13.7. The first-order chi connectivity index (χ1) is 12.4. The van der Waals surface area contributed by atoms with Crippen LogP contribution in [0.2, 0.25) is 0 Å². The molecular formula is C19H14N2O4S. The van der Waals surface area contributed by atoms with Gasteiger partial charge in [0.1, 0.15) is 11.5 Å². The van der Waals surface area contributed by atoms with Crippen LogP contribution in [0.1, 0.15) is 26.3 Å². The summed E-state index contributed by atoms with van der Waals surface area (Å²) in [5.74, 6) is -1.64. The van der Waals surface area contributed by atoms with E-state index in [4.69, 9.17) is 0 Å². The number of rotatable bonds is 3. The van der Waals surface area contributed by atoms with Gasteiger partial charge in [0.15, 0.2) is 16.7 Å². The number of aryl methyl sites for hydroxylation is 1. The highest BCUT2D eigenvalue weighted by molar-refractivity contribution is 7.22. The summed E-state index contributed by atoms with van der Waals surface area (Å²) in [6, 6.07) is 8.33. The van der Waals surface area contributed by atoms with Crippen LogP contribution >= 0.6 is 11.3 Å². The Kier molecular flexibility index (Phi) is 3.73. The van der Waals surface area contributed by atoms with Crippen LogP contribution in [-0.4, -0.2) is 33.3 Å². The molecule has 1 aromatic heterocycles. The third kappa shape index (κ3) is 2.62. The van der Waals surface area contributed by atoms with Crippen molar-refractivity contribution in [3.05, 3.63) is 58.7 Å². The van der Waals surface area contributed by atoms with Crippen molar-refractivity contribution in [1.82, 2.24) is 4.98 Å². The van der Waals surface area contributed by atoms with E-state index in [9.17, 15) is 19.8 Å². The molecular weight excluding hydrogens is 352 g/mol. The van der Waals surface area contributed by atoms with Crippen LogP contribution in [0.25, 0.3) is 10.2 Å². The van der Waals surface area contributed by atoms with E-state index in [0.717, 1.165) is 15.8 Å². The topological polar surface area (TPSA) is 99.5 Å². The summed E-state index contributed by atoms with van der Waals surface area (Å²) in [4.78, 5) is 29.3. The SMILES string of the molecule is Cc1ccc2nc(NCC3=CC(=O)c4c(O)ccc(O)c4C3=O)sc2c1. The second-order valence-electron chi connectivity index (χ2n) is 6.06. The number of phenolic OH excluding ortho intramolecular Hbond substituents is 2. The number of fused-ring (bicyclic) bond motifs is 2. The fourth-order valence-corrected chi connectivity index (χ4v) is 3.89. The Labute approximate surface area is 152 Å². The lowest BCUT2D eigenvalue weighted by Crippen LogP contribution is -2.22. The number of thiazole rings is 1. The van der Waals surface area contributed by atoms with Gasteiger partial charge in [-0.2, -0.15) is 0 Å². The van der Waals surface area contributed by atoms with Crippen molar-refractivity contribution in [2.45, 2.75) is 6.92 Å². The highest BCUT2D eigenvalue weighted by atomic mass is 32.1. The Hall–Kier alpha value is -3.19. The van der Waals surface area contributed by atoms with Gasteiger partial charge in [-0.1, -0.05) is 17.4 Å². The fraction of sp³-hybridized carbons (Fsp3) is 0.105. The molecule has 0 fully saturated rings. The Bertz CT molecular complexity index is 1110. The van der Waals surface area contributed by atoms with E-state index in [1.807, 2.05) is 25.1 Å². The smallest absolute Gasteiger partial charge is 0.195 e. The number of ketones is 2. The second-order valence-corrected chi connectivity index (χ2v) is 7.09. The zero-order valence-corrected chi connectivity index (χ0v) is 14.6. The molecule has 7 heteroatoms. The highest BCUT2D eigenvalue weighted by Gasteiger charge is 2.30. The van der Waals surface area contributed by atoms with Crippen molar-refractivity contribution in [1.29, 1.82) is 0 Å². The van der Waals surface area contributed by atoms with Crippen LogP contribution in [0.4, 0.5) is 5.13 Å². The standard InChI is InChI=1S/C19H14N2O4S/c1-9-2-3-11-15(6-9)26-19(21-11)20-8-10-7-14(24)16-12(22)4-5-13(23)17(16)18(10)25/h2-7,22-23H,8H2,1H3,(H,20,21). The third-order valence-corrected chi connectivity index (χ3v) is 5.18. The number of aromatic nitrogens is 1. The molecule has 1 aliphatic carbocycles. The first-order valence-electron chi connectivity index (χ1n) is 7.89. The molecule has 2 aromatic carbocycles. The first kappa shape index (κ1) is 16.3. The molecule has 0 unspecified atom stereocenters. The average Bonchev–Trinajstić information content (AvgIpc) is 3.00. The Morgan fingerprint density at radius 2 is 1.81 bits per heavy atom. The van der Waals surface area contributed by atoms with Crippen LogP contribution in [0.15, 0.2) is 42.0 Å². The molecule has 6 nitrogen and oxygen atoms in total. The monoisotopic (exact) mass is 366 g/mol. The molecule has 0 saturated carbocycles. The minimum absolute atomic E-state index is 0.0952. The molecule has 26 heavy (non-hydrogen) atoms. The lowest BCUT2D eigenvalue weighted by molar-refractivity contribution is 0.0979. The molecule has 0 bridgehead atoms. The minimum atomic E-state index is -0.510. The number of carbonyl (C=O) groups excluding carboxylic acids is 2. The van der Waals surface area contributed by atoms with E-state index < -0.39 is 11.6 Å². The third-order valence-electron chi connectivity index (χ3n) is 4.21. The molecule has 0 saturated heterocycles. The maximum absolute atomic E-state index is 12.6. The van der Waals surface area contributed by atoms with Gasteiger partial charge in [-0.3, -0.25) is 9.59 Å². The van der Waals surface area contributed by atoms with Crippen molar-refractivity contribution >= 4 is 38.3 Å². The number of benzene rings is 2. The van der Waals surface area contributed by atoms with Crippen molar-refractivity contribution < 1.29 is 19.8 Å². The van der Waals surface area contributed by atoms with Gasteiger partial charge in [0.05, 0.1) is 21.3 Å². The number of phenols is 2. The highest BCUT2D eigenvalue weighted by Crippen LogP contribution is 2.35. The lowest BCUT2D eigenvalue weighted by atomic mass is 9.88. The minimum Gasteiger partial charge on any atom is -0.507 e. The van der Waals surface area contributed by atoms with E-state index in [1.165, 1.54) is 29.5 Å². The zero-order chi connectivity index (χ0) is 18.4. The van der Waals surface area contributed by atoms with Crippen LogP contribution in [0.5, 0.6) is 11.5 Å². The molecule has 0 amide bonds. The molecule has 3 N–H and O–H groups in total. The first-order valence-corrected chi connectivity index (χ1v) is 8.71. The van der Waals surface area contributed by atoms with Crippen molar-refractivity contribution in [2.75, 3.05) is 11.9 Å². The summed E-state index contributed by atoms with van der Waals surface area (Å²) in [6.07, 6.45) is 1.19. The predicted molar refractivity (Wildman–Crippen MR) is 99.4 cm³/mol. The van der Waals surface area contributed by atoms with Gasteiger partial charge in [-0.25, -0.2) is 4.98 Å². The molecule has 1 aliphatic rings. The predicted octanol–water partition coefficient (Wildman–Crippen LogP) is 3.43. The summed E-state index contributed by atoms with van der Waals surface area (Å²) in [5, 5.41) is 23.5. The summed E-state index contributed by atoms with van der Waals surface area (Å²) in [6.45, 7) is 2.10. The van der Waals surface area contributed by atoms with Crippen LogP contribution in [0.3, 0.4) is 0 Å². The summed E-state index contributed by atoms with van der Waals surface area (Å²) < 4.78 is 1.03. The fourth-order valence-electron chi connectivity index (χ4n) is 2.93. The molecule has 3 aromatic rings. The normalized spacial score (nSPS) is 13.7. The number of anilines is 1. The molecule has 0 spiro atoms. The summed E-state index contributed by atoms with van der Waals surface area (Å²) >= 11 is 1.46. The number of aromatic hydroxyl groups is 2. The van der Waals surface area contributed by atoms with E-state index in [0.29, 0.717) is 5.13 Å². The number of hydrogen-bond acceptors (Lipinski definition) is 7. The van der Waals surface area contributed by atoms with E-state index in [2.05, 4.69) is 10.3 Å². The van der Waals surface area contributed by atoms with E-state index in [1.54, 1.807) is 0 Å². The number of Topliss-reactive ketones (excluding diaryl/α,β-unsaturated/α-hetero) is 1. The molecule has 0 aliphatic heterocycles. The van der Waals surface area contributed by atoms with Crippen LogP contribution in [-0.2, 0) is 0 Å². The lowest BCUT2D eigenvalue weighted by Gasteiger charge is -2.17. The van der Waals surface area contributed by atoms with Crippen molar-refractivity contribution in [3.63, 3.8) is 0 Å². The largest absolute Gasteiger partial charge is 0.507 e. The summed E-state index contributed by atoms with van der Waals surface area (Å²) in [5.41, 5.74) is 1.88. The van der Waals surface area contributed by atoms with Gasteiger partial charge >= 0.3 is 0 Å². The van der Waals surface area contributed by atoms with Crippen LogP contribution in [0, 0.1) is 6.92 Å². The van der Waals surface area contributed by atoms with Gasteiger partial charge in [-0.15, -0.1) is 0 Å². The maximum atomic E-state index is 12.6. The number of hydrogen-bond donors (Lipinski definition) is 3. The Balaban J connectivity index is 1.61. The van der Waals surface area contributed by atoms with E-state index >= 15 is 0 Å². The number of nitrogens with zero attached hydrogens (tertiary/aromatic N) is 1. The van der Waals surface area contributed by atoms with Gasteiger partial charge in [0, 0.05) is 12.1 Å². The molecule has 130 valence electrons. The molecule has 1 heterocycles. The second kappa shape index (κ2) is 5.96. The van der Waals surface area contributed by atoms with Gasteiger partial charge in [0.2, 0.25) is 0 Å². The van der Waals surface area contributed by atoms with Gasteiger partial charge in [0.25, 0.3) is 0 Å². The van der Waals surface area contributed by atoms with Crippen molar-refractivity contribution in [3.8, 4) is 11.5 Å². The van der Waals surface area contributed by atoms with E-state index in [-0.39, 0.29) is 34.7 Å². The number of nitrogens with one attached hydrogen (secondary N) is 1. The quantitative estimate of drug-likeness (QED) is 0.614. The number of allylic oxidation sites excluding steroid dienone is 1. The maximum Gasteiger partial charge on any atom is 0.195 e. The molecule has 0 atom stereocenters. The van der Waals surface area contributed by atoms with Gasteiger partial charge in [-0.05, 0) is 42.8 Å². The average molecular weight is 366 g/mol. The van der Waals surface area contributed by atoms with Crippen LogP contribution < -0.4 is 5.32 Å². The van der Waals surface area contributed by atoms with Gasteiger partial charge < -0.3 is 15.5 Å². The summed E-state index contributed by atoms with van der Waals surface area (Å²) in [7, 11) is 0. The molecule has 4 rings (SSSR count). The Morgan fingerprint density at radius 3 is 2.58 bits per heavy atom. The number of carbonyl (C=O) groups is 2. The van der Waals surface area contributed by atoms with Crippen molar-refractivity contribution in [2.24, 2.45) is 0 Å².